The summed E-state index contributed by atoms with van der Waals surface area (Å²) in [5.41, 5.74) is 0. The van der Waals surface area contributed by atoms with E-state index in [2.05, 4.69) is 93.7 Å². The Balaban J connectivity index is 4.22. The molecule has 0 N–H and O–H groups in total. The van der Waals surface area contributed by atoms with Gasteiger partial charge in [0, 0.05) is 19.3 Å². The van der Waals surface area contributed by atoms with Crippen LogP contribution in [0.3, 0.4) is 0 Å². The Bertz CT molecular complexity index is 1260. The van der Waals surface area contributed by atoms with Crippen molar-refractivity contribution in [2.45, 2.75) is 284 Å². The molecule has 0 bridgehead atoms. The quantitative estimate of drug-likeness (QED) is 0.0262. The van der Waals surface area contributed by atoms with Crippen LogP contribution in [0.4, 0.5) is 0 Å². The first-order valence-electron chi connectivity index (χ1n) is 28.4. The number of rotatable bonds is 51. The summed E-state index contributed by atoms with van der Waals surface area (Å²) < 4.78 is 16.8. The molecule has 0 aliphatic rings. The van der Waals surface area contributed by atoms with E-state index in [4.69, 9.17) is 14.2 Å². The van der Waals surface area contributed by atoms with E-state index < -0.39 is 6.10 Å². The van der Waals surface area contributed by atoms with Crippen LogP contribution in [0.5, 0.6) is 0 Å². The van der Waals surface area contributed by atoms with Crippen molar-refractivity contribution in [3.63, 3.8) is 0 Å². The molecule has 386 valence electrons. The van der Waals surface area contributed by atoms with Gasteiger partial charge in [-0.1, -0.05) is 241 Å². The first kappa shape index (κ1) is 63.8. The van der Waals surface area contributed by atoms with Gasteiger partial charge >= 0.3 is 17.9 Å². The predicted octanol–water partition coefficient (Wildman–Crippen LogP) is 19.0. The fourth-order valence-electron chi connectivity index (χ4n) is 7.93. The normalized spacial score (nSPS) is 12.6. The number of carbonyl (C=O) groups excluding carboxylic acids is 3. The van der Waals surface area contributed by atoms with E-state index in [0.717, 1.165) is 96.3 Å². The zero-order valence-corrected chi connectivity index (χ0v) is 44.2. The lowest BCUT2D eigenvalue weighted by Crippen LogP contribution is -2.30. The number of ether oxygens (including phenoxy) is 3. The summed E-state index contributed by atoms with van der Waals surface area (Å²) in [4.78, 5) is 37.9. The van der Waals surface area contributed by atoms with E-state index in [1.165, 1.54) is 141 Å². The van der Waals surface area contributed by atoms with Crippen LogP contribution < -0.4 is 0 Å². The second-order valence-electron chi connectivity index (χ2n) is 18.8. The van der Waals surface area contributed by atoms with Gasteiger partial charge in [-0.2, -0.15) is 0 Å². The van der Waals surface area contributed by atoms with Gasteiger partial charge in [-0.3, -0.25) is 14.4 Å². The molecule has 6 nitrogen and oxygen atoms in total. The first-order valence-corrected chi connectivity index (χ1v) is 28.4. The Morgan fingerprint density at radius 3 is 0.910 bits per heavy atom. The highest BCUT2D eigenvalue weighted by atomic mass is 16.6. The van der Waals surface area contributed by atoms with E-state index in [9.17, 15) is 14.4 Å². The Hall–Kier alpha value is -3.15. The van der Waals surface area contributed by atoms with Gasteiger partial charge < -0.3 is 14.2 Å². The SMILES string of the molecule is CC/C=C\C/C=C\C/C=C\C/C=C\CCCCCCCCCCC(=O)OCC(COC(=O)CCCCCCCCC)OC(=O)CCCCCCCCCCC/C=C\C/C=C\CCCCCCC. The van der Waals surface area contributed by atoms with Crippen LogP contribution in [0.15, 0.2) is 72.9 Å². The lowest BCUT2D eigenvalue weighted by atomic mass is 10.1. The third-order valence-corrected chi connectivity index (χ3v) is 12.2. The maximum absolute atomic E-state index is 12.8. The Labute approximate surface area is 414 Å². The molecule has 0 spiro atoms. The summed E-state index contributed by atoms with van der Waals surface area (Å²) in [7, 11) is 0. The van der Waals surface area contributed by atoms with Crippen LogP contribution in [0, 0.1) is 0 Å². The van der Waals surface area contributed by atoms with Crippen LogP contribution in [0.25, 0.3) is 0 Å². The van der Waals surface area contributed by atoms with E-state index in [1.54, 1.807) is 0 Å². The van der Waals surface area contributed by atoms with Crippen molar-refractivity contribution in [1.82, 2.24) is 0 Å². The van der Waals surface area contributed by atoms with Crippen molar-refractivity contribution < 1.29 is 28.6 Å². The molecule has 67 heavy (non-hydrogen) atoms. The monoisotopic (exact) mass is 935 g/mol. The smallest absolute Gasteiger partial charge is 0.306 e. The molecule has 1 unspecified atom stereocenters. The lowest BCUT2D eigenvalue weighted by Gasteiger charge is -2.18. The maximum atomic E-state index is 12.8. The highest BCUT2D eigenvalue weighted by Crippen LogP contribution is 2.15. The van der Waals surface area contributed by atoms with Gasteiger partial charge in [0.2, 0.25) is 0 Å². The van der Waals surface area contributed by atoms with E-state index >= 15 is 0 Å². The molecule has 1 atom stereocenters. The average molecular weight is 936 g/mol. The minimum absolute atomic E-state index is 0.0786. The van der Waals surface area contributed by atoms with Crippen LogP contribution in [0.2, 0.25) is 0 Å². The van der Waals surface area contributed by atoms with Crippen molar-refractivity contribution in [2.24, 2.45) is 0 Å². The number of hydrogen-bond donors (Lipinski definition) is 0. The molecule has 0 saturated carbocycles. The van der Waals surface area contributed by atoms with Crippen LogP contribution in [-0.4, -0.2) is 37.2 Å². The Kier molecular flexibility index (Phi) is 52.8. The molecule has 0 amide bonds. The molecule has 0 aromatic heterocycles. The summed E-state index contributed by atoms with van der Waals surface area (Å²) in [6.45, 7) is 6.48. The molecule has 0 radical (unpaired) electrons. The molecule has 0 aliphatic heterocycles. The zero-order chi connectivity index (χ0) is 48.6. The van der Waals surface area contributed by atoms with E-state index in [-0.39, 0.29) is 31.1 Å². The van der Waals surface area contributed by atoms with Gasteiger partial charge in [-0.25, -0.2) is 0 Å². The van der Waals surface area contributed by atoms with E-state index in [0.29, 0.717) is 19.3 Å². The summed E-state index contributed by atoms with van der Waals surface area (Å²) in [5.74, 6) is -0.891. The first-order chi connectivity index (χ1) is 33.0. The van der Waals surface area contributed by atoms with Gasteiger partial charge in [-0.15, -0.1) is 0 Å². The molecular weight excluding hydrogens is 829 g/mol. The summed E-state index contributed by atoms with van der Waals surface area (Å²) in [5, 5.41) is 0. The van der Waals surface area contributed by atoms with Gasteiger partial charge in [0.05, 0.1) is 0 Å². The van der Waals surface area contributed by atoms with Gasteiger partial charge in [0.15, 0.2) is 6.10 Å². The zero-order valence-electron chi connectivity index (χ0n) is 44.2. The van der Waals surface area contributed by atoms with Crippen LogP contribution in [-0.2, 0) is 28.6 Å². The maximum Gasteiger partial charge on any atom is 0.306 e. The van der Waals surface area contributed by atoms with Crippen molar-refractivity contribution in [2.75, 3.05) is 13.2 Å². The van der Waals surface area contributed by atoms with Gasteiger partial charge in [0.25, 0.3) is 0 Å². The van der Waals surface area contributed by atoms with Crippen molar-refractivity contribution in [1.29, 1.82) is 0 Å². The molecule has 0 heterocycles. The number of unbranched alkanes of at least 4 members (excludes halogenated alkanes) is 28. The fraction of sp³-hybridized carbons (Fsp3) is 0.754. The second-order valence-corrected chi connectivity index (χ2v) is 18.8. The molecular formula is C61H106O6. The molecule has 0 aliphatic carbocycles. The number of allylic oxidation sites excluding steroid dienone is 12. The molecule has 0 rings (SSSR count). The Morgan fingerprint density at radius 2 is 0.582 bits per heavy atom. The number of esters is 3. The minimum atomic E-state index is -0.778. The molecule has 0 aromatic rings. The molecule has 0 fully saturated rings. The lowest BCUT2D eigenvalue weighted by molar-refractivity contribution is -0.167. The third-order valence-electron chi connectivity index (χ3n) is 12.2. The van der Waals surface area contributed by atoms with E-state index in [1.807, 2.05) is 0 Å². The number of carbonyl (C=O) groups is 3. The highest BCUT2D eigenvalue weighted by molar-refractivity contribution is 5.71. The number of hydrogen-bond acceptors (Lipinski definition) is 6. The topological polar surface area (TPSA) is 78.9 Å². The second kappa shape index (κ2) is 55.4. The van der Waals surface area contributed by atoms with Crippen LogP contribution in [0.1, 0.15) is 278 Å². The van der Waals surface area contributed by atoms with Crippen molar-refractivity contribution in [3.8, 4) is 0 Å². The standard InChI is InChI=1S/C61H106O6/c1-4-7-10-13-16-18-20-22-24-26-28-30-32-34-36-38-40-42-45-48-51-54-60(63)66-57-58(56-65-59(62)53-50-47-44-15-12-9-6-3)67-61(64)55-52-49-46-43-41-39-37-35-33-31-29-27-25-23-21-19-17-14-11-8-5-2/h7,10,16,18,21-24,27-30,58H,4-6,8-9,11-15,17,19-20,25-26,31-57H2,1-3H3/b10-7-,18-16-,23-21-,24-22-,29-27-,30-28-. The molecule has 0 saturated heterocycles. The molecule has 6 heteroatoms. The highest BCUT2D eigenvalue weighted by Gasteiger charge is 2.19. The Morgan fingerprint density at radius 1 is 0.313 bits per heavy atom. The molecule has 0 aromatic carbocycles. The van der Waals surface area contributed by atoms with Gasteiger partial charge in [-0.05, 0) is 89.9 Å². The predicted molar refractivity (Wildman–Crippen MR) is 288 cm³/mol. The average Bonchev–Trinajstić information content (AvgIpc) is 3.33. The minimum Gasteiger partial charge on any atom is -0.462 e. The third kappa shape index (κ3) is 53.7. The summed E-state index contributed by atoms with van der Waals surface area (Å²) >= 11 is 0. The van der Waals surface area contributed by atoms with Crippen molar-refractivity contribution in [3.05, 3.63) is 72.9 Å². The largest absolute Gasteiger partial charge is 0.462 e. The van der Waals surface area contributed by atoms with Crippen LogP contribution >= 0.6 is 0 Å². The van der Waals surface area contributed by atoms with Gasteiger partial charge in [0.1, 0.15) is 13.2 Å². The van der Waals surface area contributed by atoms with Crippen molar-refractivity contribution >= 4 is 17.9 Å². The summed E-state index contributed by atoms with van der Waals surface area (Å²) in [6, 6.07) is 0. The summed E-state index contributed by atoms with van der Waals surface area (Å²) in [6.07, 6.45) is 70.5. The fourth-order valence-corrected chi connectivity index (χ4v) is 7.93.